The van der Waals surface area contributed by atoms with Crippen LogP contribution >= 0.6 is 11.3 Å². The van der Waals surface area contributed by atoms with Gasteiger partial charge < -0.3 is 15.4 Å². The first kappa shape index (κ1) is 19.6. The second-order valence-electron chi connectivity index (χ2n) is 6.48. The highest BCUT2D eigenvalue weighted by molar-refractivity contribution is 7.22. The van der Waals surface area contributed by atoms with Crippen LogP contribution in [-0.2, 0) is 0 Å². The molecular weight excluding hydrogens is 376 g/mol. The van der Waals surface area contributed by atoms with E-state index in [1.165, 1.54) is 25.5 Å². The van der Waals surface area contributed by atoms with Crippen molar-refractivity contribution in [1.29, 1.82) is 0 Å². The van der Waals surface area contributed by atoms with Crippen LogP contribution in [-0.4, -0.2) is 31.1 Å². The molecule has 3 rings (SSSR count). The molecule has 0 aliphatic heterocycles. The predicted octanol–water partition coefficient (Wildman–Crippen LogP) is 4.23. The number of ether oxygens (including phenoxy) is 1. The molecule has 1 heterocycles. The molecule has 0 saturated heterocycles. The van der Waals surface area contributed by atoms with Crippen LogP contribution in [0, 0.1) is 20.8 Å². The second kappa shape index (κ2) is 7.85. The number of carbonyl (C=O) groups is 2. The van der Waals surface area contributed by atoms with Crippen LogP contribution in [0.2, 0.25) is 0 Å². The Morgan fingerprint density at radius 2 is 1.71 bits per heavy atom. The summed E-state index contributed by atoms with van der Waals surface area (Å²) >= 11 is 1.27. The van der Waals surface area contributed by atoms with Crippen LogP contribution in [0.1, 0.15) is 27.0 Å². The lowest BCUT2D eigenvalue weighted by Gasteiger charge is -2.13. The van der Waals surface area contributed by atoms with Gasteiger partial charge in [0.25, 0.3) is 5.91 Å². The van der Waals surface area contributed by atoms with Gasteiger partial charge in [-0.1, -0.05) is 29.0 Å². The zero-order chi connectivity index (χ0) is 20.4. The molecule has 0 bridgehead atoms. The summed E-state index contributed by atoms with van der Waals surface area (Å²) in [4.78, 5) is 28.8. The van der Waals surface area contributed by atoms with Gasteiger partial charge >= 0.3 is 6.03 Å². The summed E-state index contributed by atoms with van der Waals surface area (Å²) in [5.41, 5.74) is 5.03. The van der Waals surface area contributed by atoms with Crippen molar-refractivity contribution in [3.63, 3.8) is 0 Å². The van der Waals surface area contributed by atoms with Gasteiger partial charge in [0.1, 0.15) is 11.3 Å². The molecule has 8 heteroatoms. The number of thiazole rings is 1. The molecule has 1 aromatic heterocycles. The van der Waals surface area contributed by atoms with E-state index in [0.717, 1.165) is 27.1 Å². The molecule has 3 N–H and O–H groups in total. The van der Waals surface area contributed by atoms with Gasteiger partial charge in [0.2, 0.25) is 0 Å². The predicted molar refractivity (Wildman–Crippen MR) is 113 cm³/mol. The Labute approximate surface area is 167 Å². The summed E-state index contributed by atoms with van der Waals surface area (Å²) in [6, 6.07) is 7.11. The Balaban J connectivity index is 1.96. The molecule has 0 atom stereocenters. The molecule has 0 saturated carbocycles. The fourth-order valence-electron chi connectivity index (χ4n) is 3.06. The Kier molecular flexibility index (Phi) is 5.51. The number of benzene rings is 2. The SMILES string of the molecule is CNC(=O)Nc1nc2c(OC)cc(C(=O)Nc3c(C)cc(C)cc3C)cc2s1. The van der Waals surface area contributed by atoms with Crippen molar-refractivity contribution in [3.8, 4) is 5.75 Å². The maximum absolute atomic E-state index is 12.9. The molecule has 0 aliphatic carbocycles. The van der Waals surface area contributed by atoms with Crippen LogP contribution in [0.4, 0.5) is 15.6 Å². The second-order valence-corrected chi connectivity index (χ2v) is 7.51. The highest BCUT2D eigenvalue weighted by Gasteiger charge is 2.17. The molecule has 7 nitrogen and oxygen atoms in total. The summed E-state index contributed by atoms with van der Waals surface area (Å²) < 4.78 is 6.16. The van der Waals surface area contributed by atoms with Gasteiger partial charge in [-0.3, -0.25) is 10.1 Å². The molecule has 0 fully saturated rings. The summed E-state index contributed by atoms with van der Waals surface area (Å²) in [5.74, 6) is 0.241. The Morgan fingerprint density at radius 3 is 2.32 bits per heavy atom. The fraction of sp³-hybridized carbons (Fsp3) is 0.250. The molecule has 0 spiro atoms. The van der Waals surface area contributed by atoms with Crippen molar-refractivity contribution < 1.29 is 14.3 Å². The lowest BCUT2D eigenvalue weighted by atomic mass is 10.0. The quantitative estimate of drug-likeness (QED) is 0.613. The van der Waals surface area contributed by atoms with Crippen LogP contribution in [0.3, 0.4) is 0 Å². The maximum Gasteiger partial charge on any atom is 0.320 e. The number of urea groups is 1. The van der Waals surface area contributed by atoms with E-state index in [-0.39, 0.29) is 11.9 Å². The minimum atomic E-state index is -0.360. The Morgan fingerprint density at radius 1 is 1.04 bits per heavy atom. The molecule has 28 heavy (non-hydrogen) atoms. The van der Waals surface area contributed by atoms with Crippen LogP contribution < -0.4 is 20.7 Å². The van der Waals surface area contributed by atoms with Gasteiger partial charge in [0.15, 0.2) is 5.13 Å². The van der Waals surface area contributed by atoms with E-state index in [1.54, 1.807) is 12.1 Å². The number of hydrogen-bond donors (Lipinski definition) is 3. The third-order valence-corrected chi connectivity index (χ3v) is 5.22. The average molecular weight is 398 g/mol. The normalized spacial score (nSPS) is 10.6. The zero-order valence-electron chi connectivity index (χ0n) is 16.4. The van der Waals surface area contributed by atoms with Crippen molar-refractivity contribution in [2.24, 2.45) is 0 Å². The van der Waals surface area contributed by atoms with Crippen molar-refractivity contribution >= 4 is 44.3 Å². The summed E-state index contributed by atoms with van der Waals surface area (Å²) in [7, 11) is 3.05. The third kappa shape index (κ3) is 3.91. The molecule has 3 aromatic rings. The molecule has 0 aliphatic rings. The van der Waals surface area contributed by atoms with Gasteiger partial charge in [0.05, 0.1) is 11.8 Å². The maximum atomic E-state index is 12.9. The topological polar surface area (TPSA) is 92.3 Å². The average Bonchev–Trinajstić information content (AvgIpc) is 3.05. The van der Waals surface area contributed by atoms with Crippen molar-refractivity contribution in [3.05, 3.63) is 46.5 Å². The van der Waals surface area contributed by atoms with Crippen LogP contribution in [0.15, 0.2) is 24.3 Å². The summed E-state index contributed by atoms with van der Waals surface area (Å²) in [6.07, 6.45) is 0. The number of rotatable bonds is 4. The molecule has 146 valence electrons. The van der Waals surface area contributed by atoms with Gasteiger partial charge in [-0.2, -0.15) is 0 Å². The number of hydrogen-bond acceptors (Lipinski definition) is 5. The molecule has 3 amide bonds. The molecular formula is C20H22N4O3S. The Hall–Kier alpha value is -3.13. The number of nitrogens with zero attached hydrogens (tertiary/aromatic N) is 1. The van der Waals surface area contributed by atoms with Crippen molar-refractivity contribution in [2.45, 2.75) is 20.8 Å². The van der Waals surface area contributed by atoms with E-state index in [1.807, 2.05) is 32.9 Å². The Bertz CT molecular complexity index is 1050. The lowest BCUT2D eigenvalue weighted by Crippen LogP contribution is -2.24. The number of anilines is 2. The largest absolute Gasteiger partial charge is 0.494 e. The van der Waals surface area contributed by atoms with Gasteiger partial charge in [-0.05, 0) is 44.0 Å². The smallest absolute Gasteiger partial charge is 0.320 e. The first-order chi connectivity index (χ1) is 13.3. The summed E-state index contributed by atoms with van der Waals surface area (Å²) in [5, 5.41) is 8.54. The van der Waals surface area contributed by atoms with Crippen LogP contribution in [0.25, 0.3) is 10.2 Å². The first-order valence-corrected chi connectivity index (χ1v) is 9.50. The number of nitrogens with one attached hydrogen (secondary N) is 3. The molecule has 0 unspecified atom stereocenters. The van der Waals surface area contributed by atoms with Crippen LogP contribution in [0.5, 0.6) is 5.75 Å². The monoisotopic (exact) mass is 398 g/mol. The van der Waals surface area contributed by atoms with E-state index in [0.29, 0.717) is 22.0 Å². The van der Waals surface area contributed by atoms with E-state index < -0.39 is 0 Å². The number of amides is 3. The minimum Gasteiger partial charge on any atom is -0.494 e. The van der Waals surface area contributed by atoms with Gasteiger partial charge in [-0.25, -0.2) is 9.78 Å². The highest BCUT2D eigenvalue weighted by atomic mass is 32.1. The highest BCUT2D eigenvalue weighted by Crippen LogP contribution is 2.34. The summed E-state index contributed by atoms with van der Waals surface area (Å²) in [6.45, 7) is 5.97. The van der Waals surface area contributed by atoms with E-state index in [2.05, 4.69) is 20.9 Å². The lowest BCUT2D eigenvalue weighted by molar-refractivity contribution is 0.102. The fourth-order valence-corrected chi connectivity index (χ4v) is 3.98. The van der Waals surface area contributed by atoms with Crippen molar-refractivity contribution in [1.82, 2.24) is 10.3 Å². The minimum absolute atomic E-state index is 0.232. The molecule has 2 aromatic carbocycles. The van der Waals surface area contributed by atoms with E-state index >= 15 is 0 Å². The number of aryl methyl sites for hydroxylation is 3. The number of methoxy groups -OCH3 is 1. The third-order valence-electron chi connectivity index (χ3n) is 4.31. The van der Waals surface area contributed by atoms with Gasteiger partial charge in [0, 0.05) is 18.3 Å². The van der Waals surface area contributed by atoms with Gasteiger partial charge in [-0.15, -0.1) is 0 Å². The first-order valence-electron chi connectivity index (χ1n) is 8.69. The molecule has 0 radical (unpaired) electrons. The number of aromatic nitrogens is 1. The zero-order valence-corrected chi connectivity index (χ0v) is 17.2. The van der Waals surface area contributed by atoms with E-state index in [4.69, 9.17) is 4.74 Å². The number of carbonyl (C=O) groups excluding carboxylic acids is 2. The number of fused-ring (bicyclic) bond motifs is 1. The van der Waals surface area contributed by atoms with Crippen molar-refractivity contribution in [2.75, 3.05) is 24.8 Å². The van der Waals surface area contributed by atoms with E-state index in [9.17, 15) is 9.59 Å². The standard InChI is InChI=1S/C20H22N4O3S/c1-10-6-11(2)16(12(3)7-10)22-18(25)13-8-14(27-5)17-15(9-13)28-20(23-17)24-19(26)21-4/h6-9H,1-5H3,(H,22,25)(H2,21,23,24,26).